The monoisotopic (exact) mass is 278 g/mol. The first-order valence-electron chi connectivity index (χ1n) is 6.03. The Kier molecular flexibility index (Phi) is 4.34. The summed E-state index contributed by atoms with van der Waals surface area (Å²) in [5, 5.41) is 4.06. The van der Waals surface area contributed by atoms with Crippen LogP contribution in [-0.2, 0) is 25.1 Å². The summed E-state index contributed by atoms with van der Waals surface area (Å²) < 4.78 is 24.8. The number of aryl methyl sites for hydroxylation is 1. The minimum absolute atomic E-state index is 0.0571. The molecule has 0 amide bonds. The van der Waals surface area contributed by atoms with Gasteiger partial charge in [-0.05, 0) is 11.6 Å². The van der Waals surface area contributed by atoms with Crippen molar-refractivity contribution in [3.05, 3.63) is 47.2 Å². The lowest BCUT2D eigenvalue weighted by molar-refractivity contribution is 0.0597. The van der Waals surface area contributed by atoms with Crippen LogP contribution in [0.15, 0.2) is 30.5 Å². The quantitative estimate of drug-likeness (QED) is 0.787. The first-order valence-corrected chi connectivity index (χ1v) is 6.03. The summed E-state index contributed by atoms with van der Waals surface area (Å²) >= 11 is 0. The first kappa shape index (κ1) is 14.0. The number of alkyl halides is 1. The summed E-state index contributed by atoms with van der Waals surface area (Å²) in [6.45, 7) is -0.618. The Morgan fingerprint density at radius 2 is 2.20 bits per heavy atom. The molecule has 0 atom stereocenters. The van der Waals surface area contributed by atoms with Crippen molar-refractivity contribution in [2.75, 3.05) is 7.11 Å². The zero-order chi connectivity index (χ0) is 14.5. The van der Waals surface area contributed by atoms with Gasteiger partial charge >= 0.3 is 5.97 Å². The normalized spacial score (nSPS) is 10.3. The number of esters is 1. The number of nitrogens with zero attached hydrogens (tertiary/aromatic N) is 2. The molecule has 5 nitrogen and oxygen atoms in total. The van der Waals surface area contributed by atoms with Crippen LogP contribution in [0.1, 0.15) is 21.5 Å². The number of rotatable bonds is 5. The van der Waals surface area contributed by atoms with E-state index in [1.807, 2.05) is 0 Å². The Morgan fingerprint density at radius 3 is 2.80 bits per heavy atom. The van der Waals surface area contributed by atoms with Crippen molar-refractivity contribution in [1.82, 2.24) is 9.78 Å². The molecule has 0 radical (unpaired) electrons. The Labute approximate surface area is 115 Å². The third-order valence-electron chi connectivity index (χ3n) is 2.88. The minimum atomic E-state index is -0.675. The zero-order valence-electron chi connectivity index (χ0n) is 11.3. The standard InChI is InChI=1S/C14H15FN2O3/c1-17-7-6-13(16-17)20-9-12-10(8-15)4-3-5-11(12)14(18)19-2/h3-7H,8-9H2,1-2H3. The Morgan fingerprint density at radius 1 is 1.40 bits per heavy atom. The second-order valence-electron chi connectivity index (χ2n) is 4.18. The fourth-order valence-corrected chi connectivity index (χ4v) is 1.85. The van der Waals surface area contributed by atoms with E-state index >= 15 is 0 Å². The van der Waals surface area contributed by atoms with Gasteiger partial charge in [0.05, 0.1) is 12.7 Å². The number of carbonyl (C=O) groups is 1. The summed E-state index contributed by atoms with van der Waals surface area (Å²) in [6.07, 6.45) is 1.73. The maximum atomic E-state index is 13.0. The molecule has 0 aliphatic rings. The van der Waals surface area contributed by atoms with E-state index in [-0.39, 0.29) is 6.61 Å². The fraction of sp³-hybridized carbons (Fsp3) is 0.286. The summed E-state index contributed by atoms with van der Waals surface area (Å²) in [4.78, 5) is 11.7. The van der Waals surface area contributed by atoms with Crippen LogP contribution < -0.4 is 4.74 Å². The van der Waals surface area contributed by atoms with Crippen LogP contribution in [0.2, 0.25) is 0 Å². The van der Waals surface area contributed by atoms with Gasteiger partial charge in [0.25, 0.3) is 0 Å². The molecule has 0 spiro atoms. The Balaban J connectivity index is 2.26. The first-order chi connectivity index (χ1) is 9.65. The molecule has 0 saturated heterocycles. The predicted molar refractivity (Wildman–Crippen MR) is 70.1 cm³/mol. The van der Waals surface area contributed by atoms with Crippen LogP contribution in [0, 0.1) is 0 Å². The van der Waals surface area contributed by atoms with Crippen molar-refractivity contribution in [2.45, 2.75) is 13.3 Å². The lowest BCUT2D eigenvalue weighted by Crippen LogP contribution is -2.10. The third-order valence-corrected chi connectivity index (χ3v) is 2.88. The van der Waals surface area contributed by atoms with Gasteiger partial charge < -0.3 is 9.47 Å². The lowest BCUT2D eigenvalue weighted by Gasteiger charge is -2.11. The number of methoxy groups -OCH3 is 1. The highest BCUT2D eigenvalue weighted by molar-refractivity contribution is 5.91. The summed E-state index contributed by atoms with van der Waals surface area (Å²) in [6, 6.07) is 6.51. The molecule has 2 rings (SSSR count). The van der Waals surface area contributed by atoms with Crippen LogP contribution in [0.3, 0.4) is 0 Å². The van der Waals surface area contributed by atoms with Gasteiger partial charge in [-0.3, -0.25) is 4.68 Å². The van der Waals surface area contributed by atoms with Crippen molar-refractivity contribution in [3.63, 3.8) is 0 Å². The molecular formula is C14H15FN2O3. The van der Waals surface area contributed by atoms with Crippen LogP contribution in [0.5, 0.6) is 5.88 Å². The molecule has 106 valence electrons. The molecule has 6 heteroatoms. The van der Waals surface area contributed by atoms with E-state index in [1.165, 1.54) is 7.11 Å². The molecule has 0 N–H and O–H groups in total. The molecule has 1 aromatic heterocycles. The van der Waals surface area contributed by atoms with Gasteiger partial charge in [0.2, 0.25) is 5.88 Å². The van der Waals surface area contributed by atoms with Crippen LogP contribution >= 0.6 is 0 Å². The number of hydrogen-bond donors (Lipinski definition) is 0. The van der Waals surface area contributed by atoms with Crippen molar-refractivity contribution in [1.29, 1.82) is 0 Å². The fourth-order valence-electron chi connectivity index (χ4n) is 1.85. The van der Waals surface area contributed by atoms with Gasteiger partial charge in [-0.25, -0.2) is 9.18 Å². The van der Waals surface area contributed by atoms with Gasteiger partial charge in [-0.15, -0.1) is 5.10 Å². The van der Waals surface area contributed by atoms with E-state index in [4.69, 9.17) is 9.47 Å². The highest BCUT2D eigenvalue weighted by Crippen LogP contribution is 2.19. The number of aromatic nitrogens is 2. The number of halogens is 1. The maximum Gasteiger partial charge on any atom is 0.338 e. The molecule has 0 aliphatic heterocycles. The van der Waals surface area contributed by atoms with Crippen molar-refractivity contribution in [2.24, 2.45) is 7.05 Å². The van der Waals surface area contributed by atoms with E-state index in [0.717, 1.165) is 0 Å². The molecular weight excluding hydrogens is 263 g/mol. The Bertz CT molecular complexity index is 610. The van der Waals surface area contributed by atoms with Crippen LogP contribution in [0.4, 0.5) is 4.39 Å². The van der Waals surface area contributed by atoms with Gasteiger partial charge in [0, 0.05) is 24.9 Å². The molecule has 0 unspecified atom stereocenters. The number of ether oxygens (including phenoxy) is 2. The zero-order valence-corrected chi connectivity index (χ0v) is 11.3. The second-order valence-corrected chi connectivity index (χ2v) is 4.18. The lowest BCUT2D eigenvalue weighted by atomic mass is 10.0. The van der Waals surface area contributed by atoms with Gasteiger partial charge in [-0.2, -0.15) is 0 Å². The minimum Gasteiger partial charge on any atom is -0.472 e. The van der Waals surface area contributed by atoms with Crippen LogP contribution in [-0.4, -0.2) is 22.9 Å². The van der Waals surface area contributed by atoms with E-state index in [1.54, 1.807) is 42.2 Å². The van der Waals surface area contributed by atoms with Crippen molar-refractivity contribution >= 4 is 5.97 Å². The van der Waals surface area contributed by atoms with E-state index in [9.17, 15) is 9.18 Å². The molecule has 1 heterocycles. The van der Waals surface area contributed by atoms with Crippen LogP contribution in [0.25, 0.3) is 0 Å². The predicted octanol–water partition coefficient (Wildman–Crippen LogP) is 2.26. The second kappa shape index (κ2) is 6.18. The van der Waals surface area contributed by atoms with Gasteiger partial charge in [0.1, 0.15) is 13.3 Å². The summed E-state index contributed by atoms with van der Waals surface area (Å²) in [5.74, 6) is -0.100. The maximum absolute atomic E-state index is 13.0. The van der Waals surface area contributed by atoms with E-state index in [0.29, 0.717) is 22.6 Å². The largest absolute Gasteiger partial charge is 0.472 e. The highest BCUT2D eigenvalue weighted by atomic mass is 19.1. The van der Waals surface area contributed by atoms with E-state index in [2.05, 4.69) is 5.10 Å². The number of carbonyl (C=O) groups excluding carboxylic acids is 1. The molecule has 0 aliphatic carbocycles. The molecule has 0 fully saturated rings. The smallest absolute Gasteiger partial charge is 0.338 e. The van der Waals surface area contributed by atoms with E-state index < -0.39 is 12.6 Å². The summed E-state index contributed by atoms with van der Waals surface area (Å²) in [7, 11) is 3.05. The molecule has 0 saturated carbocycles. The van der Waals surface area contributed by atoms with Crippen molar-refractivity contribution < 1.29 is 18.7 Å². The SMILES string of the molecule is COC(=O)c1cccc(CF)c1COc1ccn(C)n1. The average molecular weight is 278 g/mol. The molecule has 0 bridgehead atoms. The molecule has 2 aromatic rings. The summed E-state index contributed by atoms with van der Waals surface area (Å²) in [5.41, 5.74) is 1.19. The number of benzene rings is 1. The number of hydrogen-bond acceptors (Lipinski definition) is 4. The molecule has 20 heavy (non-hydrogen) atoms. The van der Waals surface area contributed by atoms with Gasteiger partial charge in [0.15, 0.2) is 0 Å². The topological polar surface area (TPSA) is 53.4 Å². The third kappa shape index (κ3) is 2.96. The van der Waals surface area contributed by atoms with Gasteiger partial charge in [-0.1, -0.05) is 12.1 Å². The highest BCUT2D eigenvalue weighted by Gasteiger charge is 2.16. The molecule has 1 aromatic carbocycles. The average Bonchev–Trinajstić information content (AvgIpc) is 2.89. The van der Waals surface area contributed by atoms with Crippen molar-refractivity contribution in [3.8, 4) is 5.88 Å². The Hall–Kier alpha value is -2.37.